The molecule has 6 heavy (non-hydrogen) atoms. The monoisotopic (exact) mass is 387 g/mol. The zero-order valence-electron chi connectivity index (χ0n) is 2.49. The van der Waals surface area contributed by atoms with Crippen LogP contribution in [0.5, 0.6) is 0 Å². The van der Waals surface area contributed by atoms with Crippen LogP contribution < -0.4 is 0 Å². The summed E-state index contributed by atoms with van der Waals surface area (Å²) in [7, 11) is 0. The molecule has 0 heterocycles. The summed E-state index contributed by atoms with van der Waals surface area (Å²) in [5, 5.41) is 0. The summed E-state index contributed by atoms with van der Waals surface area (Å²) in [4.78, 5) is 0. The van der Waals surface area contributed by atoms with Crippen LogP contribution in [0.4, 0.5) is 0 Å². The van der Waals surface area contributed by atoms with Gasteiger partial charge in [-0.15, -0.1) is 67.9 Å². The van der Waals surface area contributed by atoms with E-state index in [1.54, 1.807) is 0 Å². The molecule has 0 fully saturated rings. The molecule has 0 saturated heterocycles. The van der Waals surface area contributed by atoms with E-state index in [0.717, 1.165) is 17.4 Å². The molecule has 0 N–H and O–H groups in total. The summed E-state index contributed by atoms with van der Waals surface area (Å²) < 4.78 is 8.19. The van der Waals surface area contributed by atoms with Crippen molar-refractivity contribution in [3.8, 4) is 0 Å². The second kappa shape index (κ2) is 54.7. The second-order valence-electron chi connectivity index (χ2n) is 0. The van der Waals surface area contributed by atoms with Gasteiger partial charge in [-0.25, -0.2) is 0 Å². The quantitative estimate of drug-likeness (QED) is 0.620. The van der Waals surface area contributed by atoms with Crippen LogP contribution >= 0.6 is 67.9 Å². The predicted molar refractivity (Wildman–Crippen MR) is 42.0 cm³/mol. The second-order valence-corrected chi connectivity index (χ2v) is 0. The van der Waals surface area contributed by atoms with Gasteiger partial charge in [-0.1, -0.05) is 0 Å². The molecule has 0 atom stereocenters. The van der Waals surface area contributed by atoms with Crippen molar-refractivity contribution < 1.29 is 21.0 Å². The van der Waals surface area contributed by atoms with Gasteiger partial charge in [0.15, 0.2) is 0 Å². The summed E-state index contributed by atoms with van der Waals surface area (Å²) in [5.74, 6) is 0. The number of halogens is 4. The van der Waals surface area contributed by atoms with Crippen LogP contribution in [0.2, 0.25) is 0 Å². The van der Waals surface area contributed by atoms with Gasteiger partial charge in [-0.2, -0.15) is 0 Å². The van der Waals surface area contributed by atoms with Crippen LogP contribution in [-0.4, -0.2) is 0 Å². The first-order chi connectivity index (χ1) is 1.00. The fraction of sp³-hybridized carbons (Fsp3) is 0. The van der Waals surface area contributed by atoms with E-state index < -0.39 is 0 Å². The van der Waals surface area contributed by atoms with E-state index >= 15 is 0 Å². The molecule has 0 spiro atoms. The van der Waals surface area contributed by atoms with Gasteiger partial charge in [0, 0.05) is 0 Å². The van der Waals surface area contributed by atoms with Crippen molar-refractivity contribution in [3.05, 3.63) is 0 Å². The van der Waals surface area contributed by atoms with Crippen molar-refractivity contribution in [1.29, 1.82) is 0 Å². The molecule has 0 rings (SSSR count). The Morgan fingerprint density at radius 2 is 0.667 bits per heavy atom. The first kappa shape index (κ1) is 40.6. The van der Waals surface area contributed by atoms with Gasteiger partial charge in [0.05, 0.1) is 0 Å². The van der Waals surface area contributed by atoms with Crippen molar-refractivity contribution >= 4 is 67.9 Å². The Kier molecular flexibility index (Phi) is 370. The van der Waals surface area contributed by atoms with E-state index in [-0.39, 0.29) is 67.9 Å². The summed E-state index contributed by atoms with van der Waals surface area (Å²) >= 11 is 1.06. The van der Waals surface area contributed by atoms with E-state index in [4.69, 9.17) is 3.67 Å². The average Bonchev–Trinajstić information content (AvgIpc) is 1.00. The van der Waals surface area contributed by atoms with Crippen LogP contribution in [0.15, 0.2) is 0 Å². The Labute approximate surface area is 87.9 Å². The Bertz CT molecular complexity index is 7.51. The van der Waals surface area contributed by atoms with Crippen molar-refractivity contribution in [2.24, 2.45) is 0 Å². The van der Waals surface area contributed by atoms with Gasteiger partial charge in [0.1, 0.15) is 0 Å². The predicted octanol–water partition coefficient (Wildman–Crippen LogP) is 2.19. The van der Waals surface area contributed by atoms with E-state index in [1.807, 2.05) is 0 Å². The Morgan fingerprint density at radius 3 is 0.667 bits per heavy atom. The van der Waals surface area contributed by atoms with Gasteiger partial charge in [-0.05, 0) is 0 Å². The molecule has 0 amide bonds. The third-order valence-corrected chi connectivity index (χ3v) is 0. The van der Waals surface area contributed by atoms with Gasteiger partial charge in [0.2, 0.25) is 0 Å². The molecule has 0 aliphatic carbocycles. The third-order valence-electron chi connectivity index (χ3n) is 0. The van der Waals surface area contributed by atoms with E-state index in [1.165, 1.54) is 0 Å². The molecular formula is H4Br4OV. The van der Waals surface area contributed by atoms with Crippen molar-refractivity contribution in [1.82, 2.24) is 0 Å². The molecule has 43 valence electrons. The molecule has 0 aromatic heterocycles. The first-order valence-corrected chi connectivity index (χ1v) is 0.753. The molecule has 0 aromatic rings. The van der Waals surface area contributed by atoms with E-state index in [0.29, 0.717) is 0 Å². The van der Waals surface area contributed by atoms with Crippen LogP contribution in [0.1, 0.15) is 0 Å². The average molecular weight is 391 g/mol. The molecule has 0 radical (unpaired) electrons. The summed E-state index contributed by atoms with van der Waals surface area (Å²) in [6.45, 7) is 0. The van der Waals surface area contributed by atoms with E-state index in [9.17, 15) is 0 Å². The minimum atomic E-state index is 0. The van der Waals surface area contributed by atoms with E-state index in [2.05, 4.69) is 0 Å². The SMILES string of the molecule is Br.Br.Br.Br.[O]=[V]. The zero-order valence-corrected chi connectivity index (χ0v) is 10.7. The third kappa shape index (κ3) is 33.4. The zero-order chi connectivity index (χ0) is 2.00. The fourth-order valence-electron chi connectivity index (χ4n) is 0. The van der Waals surface area contributed by atoms with Crippen LogP contribution in [0, 0.1) is 0 Å². The molecule has 1 nitrogen and oxygen atoms in total. The van der Waals surface area contributed by atoms with Crippen molar-refractivity contribution in [2.75, 3.05) is 0 Å². The molecule has 0 aliphatic heterocycles. The van der Waals surface area contributed by atoms with Gasteiger partial charge >= 0.3 is 21.0 Å². The molecule has 0 aromatic carbocycles. The van der Waals surface area contributed by atoms with Gasteiger partial charge in [-0.3, -0.25) is 0 Å². The minimum absolute atomic E-state index is 0. The summed E-state index contributed by atoms with van der Waals surface area (Å²) in [5.41, 5.74) is 0. The normalized spacial score (nSPS) is 0.500. The molecule has 0 saturated carbocycles. The summed E-state index contributed by atoms with van der Waals surface area (Å²) in [6, 6.07) is 0. The maximum atomic E-state index is 8.19. The van der Waals surface area contributed by atoms with Gasteiger partial charge in [0.25, 0.3) is 0 Å². The van der Waals surface area contributed by atoms with Gasteiger partial charge < -0.3 is 0 Å². The van der Waals surface area contributed by atoms with Crippen LogP contribution in [-0.2, 0) is 21.0 Å². The first-order valence-electron chi connectivity index (χ1n) is 0.183. The van der Waals surface area contributed by atoms with Crippen LogP contribution in [0.3, 0.4) is 0 Å². The van der Waals surface area contributed by atoms with Crippen molar-refractivity contribution in [2.45, 2.75) is 0 Å². The number of hydrogen-bond acceptors (Lipinski definition) is 1. The molecule has 0 unspecified atom stereocenters. The molecular weight excluding hydrogens is 387 g/mol. The Morgan fingerprint density at radius 1 is 0.667 bits per heavy atom. The topological polar surface area (TPSA) is 17.1 Å². The Balaban J connectivity index is -0.000000000833. The summed E-state index contributed by atoms with van der Waals surface area (Å²) in [6.07, 6.45) is 0. The number of hydrogen-bond donors (Lipinski definition) is 0. The molecule has 0 aliphatic rings. The molecule has 6 heteroatoms. The molecule has 0 bridgehead atoms. The number of rotatable bonds is 0. The standard InChI is InChI=1S/4BrH.O.V/h4*1H;;. The maximum absolute atomic E-state index is 8.19. The van der Waals surface area contributed by atoms with Crippen molar-refractivity contribution in [3.63, 3.8) is 0 Å². The fourth-order valence-corrected chi connectivity index (χ4v) is 0. The van der Waals surface area contributed by atoms with Crippen LogP contribution in [0.25, 0.3) is 0 Å². The Hall–Kier alpha value is 2.30.